The van der Waals surface area contributed by atoms with Gasteiger partial charge in [0.25, 0.3) is 0 Å². The fourth-order valence-corrected chi connectivity index (χ4v) is 1.25. The predicted molar refractivity (Wildman–Crippen MR) is 55.8 cm³/mol. The molecule has 1 atom stereocenters. The number of hydrogen-bond acceptors (Lipinski definition) is 2. The average Bonchev–Trinajstić information content (AvgIpc) is 2.25. The molecule has 1 N–H and O–H groups in total. The Kier molecular flexibility index (Phi) is 4.29. The third-order valence-corrected chi connectivity index (χ3v) is 2.43. The summed E-state index contributed by atoms with van der Waals surface area (Å²) in [6.45, 7) is 4.04. The number of nitrogens with zero attached hydrogens (tertiary/aromatic N) is 1. The first kappa shape index (κ1) is 13.0. The number of nitrogens with one attached hydrogen (secondary N) is 1. The zero-order valence-electron chi connectivity index (χ0n) is 9.30. The van der Waals surface area contributed by atoms with E-state index in [1.54, 1.807) is 0 Å². The van der Waals surface area contributed by atoms with E-state index in [0.29, 0.717) is 0 Å². The molecule has 0 aliphatic carbocycles. The molecule has 0 aliphatic rings. The lowest BCUT2D eigenvalue weighted by Gasteiger charge is -2.14. The monoisotopic (exact) mass is 232 g/mol. The number of halogens is 3. The maximum atomic E-state index is 12.6. The van der Waals surface area contributed by atoms with Crippen LogP contribution in [0.3, 0.4) is 0 Å². The van der Waals surface area contributed by atoms with Crippen molar-refractivity contribution in [2.24, 2.45) is 0 Å². The molecule has 0 aromatic carbocycles. The Labute approximate surface area is 92.9 Å². The standard InChI is InChI=1S/C11H15F3N2/c1-3-8(2)16-7-10-9(11(12,13)14)5-4-6-15-10/h4-6,8,16H,3,7H2,1-2H3. The minimum absolute atomic E-state index is 0.0512. The number of alkyl halides is 3. The second kappa shape index (κ2) is 5.30. The SMILES string of the molecule is CCC(C)NCc1ncccc1C(F)(F)F. The van der Waals surface area contributed by atoms with Crippen molar-refractivity contribution >= 4 is 0 Å². The predicted octanol–water partition coefficient (Wildman–Crippen LogP) is 2.99. The smallest absolute Gasteiger partial charge is 0.309 e. The fraction of sp³-hybridized carbons (Fsp3) is 0.545. The van der Waals surface area contributed by atoms with E-state index in [9.17, 15) is 13.2 Å². The molecule has 0 saturated heterocycles. The minimum Gasteiger partial charge on any atom is -0.309 e. The van der Waals surface area contributed by atoms with E-state index in [1.165, 1.54) is 12.3 Å². The van der Waals surface area contributed by atoms with E-state index < -0.39 is 11.7 Å². The molecule has 0 spiro atoms. The molecule has 0 radical (unpaired) electrons. The summed E-state index contributed by atoms with van der Waals surface area (Å²) >= 11 is 0. The zero-order valence-corrected chi connectivity index (χ0v) is 9.30. The fourth-order valence-electron chi connectivity index (χ4n) is 1.25. The van der Waals surface area contributed by atoms with E-state index in [0.717, 1.165) is 12.5 Å². The van der Waals surface area contributed by atoms with Crippen molar-refractivity contribution in [3.8, 4) is 0 Å². The minimum atomic E-state index is -4.33. The van der Waals surface area contributed by atoms with Crippen LogP contribution in [0.1, 0.15) is 31.5 Å². The van der Waals surface area contributed by atoms with E-state index in [2.05, 4.69) is 10.3 Å². The van der Waals surface area contributed by atoms with Gasteiger partial charge < -0.3 is 5.32 Å². The molecule has 0 saturated carbocycles. The average molecular weight is 232 g/mol. The Morgan fingerprint density at radius 2 is 2.12 bits per heavy atom. The van der Waals surface area contributed by atoms with Crippen LogP contribution in [-0.4, -0.2) is 11.0 Å². The van der Waals surface area contributed by atoms with Gasteiger partial charge in [-0.25, -0.2) is 0 Å². The topological polar surface area (TPSA) is 24.9 Å². The molecule has 16 heavy (non-hydrogen) atoms. The molecule has 1 rings (SSSR count). The first-order valence-electron chi connectivity index (χ1n) is 5.19. The van der Waals surface area contributed by atoms with Gasteiger partial charge in [-0.2, -0.15) is 13.2 Å². The summed E-state index contributed by atoms with van der Waals surface area (Å²) in [7, 11) is 0. The lowest BCUT2D eigenvalue weighted by Crippen LogP contribution is -2.26. The van der Waals surface area contributed by atoms with Gasteiger partial charge in [-0.05, 0) is 25.5 Å². The van der Waals surface area contributed by atoms with Crippen LogP contribution < -0.4 is 5.32 Å². The van der Waals surface area contributed by atoms with E-state index >= 15 is 0 Å². The van der Waals surface area contributed by atoms with Crippen LogP contribution in [-0.2, 0) is 12.7 Å². The van der Waals surface area contributed by atoms with Gasteiger partial charge in [-0.1, -0.05) is 6.92 Å². The van der Waals surface area contributed by atoms with Crippen molar-refractivity contribution < 1.29 is 13.2 Å². The summed E-state index contributed by atoms with van der Waals surface area (Å²) in [6.07, 6.45) is -2.09. The van der Waals surface area contributed by atoms with Gasteiger partial charge in [-0.15, -0.1) is 0 Å². The van der Waals surface area contributed by atoms with Crippen LogP contribution >= 0.6 is 0 Å². The Hall–Kier alpha value is -1.10. The molecule has 90 valence electrons. The van der Waals surface area contributed by atoms with Crippen molar-refractivity contribution in [2.75, 3.05) is 0 Å². The molecule has 0 fully saturated rings. The van der Waals surface area contributed by atoms with E-state index in [4.69, 9.17) is 0 Å². The number of rotatable bonds is 4. The highest BCUT2D eigenvalue weighted by molar-refractivity contribution is 5.22. The highest BCUT2D eigenvalue weighted by Crippen LogP contribution is 2.30. The first-order chi connectivity index (χ1) is 7.45. The quantitative estimate of drug-likeness (QED) is 0.863. The molecule has 0 bridgehead atoms. The van der Waals surface area contributed by atoms with Gasteiger partial charge in [0.1, 0.15) is 0 Å². The molecule has 0 aliphatic heterocycles. The van der Waals surface area contributed by atoms with Crippen molar-refractivity contribution in [2.45, 2.75) is 39.0 Å². The number of pyridine rings is 1. The van der Waals surface area contributed by atoms with Gasteiger partial charge >= 0.3 is 6.18 Å². The van der Waals surface area contributed by atoms with Crippen LogP contribution in [0.4, 0.5) is 13.2 Å². The third-order valence-electron chi connectivity index (χ3n) is 2.43. The Morgan fingerprint density at radius 1 is 1.44 bits per heavy atom. The molecule has 1 aromatic rings. The third kappa shape index (κ3) is 3.48. The maximum Gasteiger partial charge on any atom is 0.418 e. The van der Waals surface area contributed by atoms with Crippen LogP contribution in [0.15, 0.2) is 18.3 Å². The summed E-state index contributed by atoms with van der Waals surface area (Å²) < 4.78 is 37.8. The summed E-state index contributed by atoms with van der Waals surface area (Å²) in [4.78, 5) is 3.77. The van der Waals surface area contributed by atoms with E-state index in [-0.39, 0.29) is 18.3 Å². The van der Waals surface area contributed by atoms with Gasteiger partial charge in [0, 0.05) is 18.8 Å². The molecule has 5 heteroatoms. The molecule has 0 amide bonds. The Morgan fingerprint density at radius 3 is 2.69 bits per heavy atom. The summed E-state index contributed by atoms with van der Waals surface area (Å²) in [6, 6.07) is 2.54. The van der Waals surface area contributed by atoms with Gasteiger partial charge in [0.05, 0.1) is 11.3 Å². The normalized spacial score (nSPS) is 13.8. The molecule has 2 nitrogen and oxygen atoms in total. The molecular formula is C11H15F3N2. The van der Waals surface area contributed by atoms with Crippen LogP contribution in [0, 0.1) is 0 Å². The van der Waals surface area contributed by atoms with Crippen molar-refractivity contribution in [1.82, 2.24) is 10.3 Å². The van der Waals surface area contributed by atoms with Gasteiger partial charge in [0.2, 0.25) is 0 Å². The first-order valence-corrected chi connectivity index (χ1v) is 5.19. The van der Waals surface area contributed by atoms with Gasteiger partial charge in [-0.3, -0.25) is 4.98 Å². The number of hydrogen-bond donors (Lipinski definition) is 1. The summed E-state index contributed by atoms with van der Waals surface area (Å²) in [5.74, 6) is 0. The highest BCUT2D eigenvalue weighted by atomic mass is 19.4. The van der Waals surface area contributed by atoms with Crippen LogP contribution in [0.5, 0.6) is 0 Å². The van der Waals surface area contributed by atoms with Crippen molar-refractivity contribution in [1.29, 1.82) is 0 Å². The van der Waals surface area contributed by atoms with Crippen LogP contribution in [0.2, 0.25) is 0 Å². The Bertz CT molecular complexity index is 336. The summed E-state index contributed by atoms with van der Waals surface area (Å²) in [5.41, 5.74) is -0.610. The van der Waals surface area contributed by atoms with Crippen LogP contribution in [0.25, 0.3) is 0 Å². The molecule has 1 unspecified atom stereocenters. The second-order valence-corrected chi connectivity index (χ2v) is 3.69. The van der Waals surface area contributed by atoms with E-state index in [1.807, 2.05) is 13.8 Å². The number of aromatic nitrogens is 1. The molecule has 1 aromatic heterocycles. The lowest BCUT2D eigenvalue weighted by atomic mass is 10.1. The summed E-state index contributed by atoms with van der Waals surface area (Å²) in [5, 5.41) is 3.00. The second-order valence-electron chi connectivity index (χ2n) is 3.69. The highest BCUT2D eigenvalue weighted by Gasteiger charge is 2.33. The van der Waals surface area contributed by atoms with Gasteiger partial charge in [0.15, 0.2) is 0 Å². The van der Waals surface area contributed by atoms with Crippen molar-refractivity contribution in [3.63, 3.8) is 0 Å². The maximum absolute atomic E-state index is 12.6. The largest absolute Gasteiger partial charge is 0.418 e. The van der Waals surface area contributed by atoms with Crippen molar-refractivity contribution in [3.05, 3.63) is 29.6 Å². The molecule has 1 heterocycles. The lowest BCUT2D eigenvalue weighted by molar-refractivity contribution is -0.138. The zero-order chi connectivity index (χ0) is 12.2. The Balaban J connectivity index is 2.80. The molecular weight excluding hydrogens is 217 g/mol.